The molecule has 4 aromatic rings. The summed E-state index contributed by atoms with van der Waals surface area (Å²) in [4.78, 5) is 27.0. The van der Waals surface area contributed by atoms with Gasteiger partial charge in [-0.25, -0.2) is 4.98 Å². The summed E-state index contributed by atoms with van der Waals surface area (Å²) in [7, 11) is 0. The standard InChI is InChI=1S/C21H17N5O2/c27-21(17-11-18(28-25-17)14-5-2-1-3-6-14)26-10-8-16-19(24-13-23-16)20(26)15-7-4-9-22-12-15/h1-7,9,11-13,20H,8,10H2,(H,23,24). The fourth-order valence-corrected chi connectivity index (χ4v) is 3.63. The van der Waals surface area contributed by atoms with Gasteiger partial charge in [0.1, 0.15) is 6.04 Å². The second-order valence-electron chi connectivity index (χ2n) is 6.65. The van der Waals surface area contributed by atoms with Gasteiger partial charge in [0, 0.05) is 42.7 Å². The molecule has 5 rings (SSSR count). The first kappa shape index (κ1) is 16.4. The number of nitrogens with one attached hydrogen (secondary N) is 1. The third-order valence-corrected chi connectivity index (χ3v) is 4.97. The Morgan fingerprint density at radius 1 is 1.18 bits per heavy atom. The first-order chi connectivity index (χ1) is 13.8. The zero-order chi connectivity index (χ0) is 18.9. The number of carbonyl (C=O) groups excluding carboxylic acids is 1. The number of benzene rings is 1. The number of fused-ring (bicyclic) bond motifs is 1. The average molecular weight is 371 g/mol. The molecule has 0 aliphatic carbocycles. The van der Waals surface area contributed by atoms with E-state index in [1.165, 1.54) is 0 Å². The van der Waals surface area contributed by atoms with E-state index in [-0.39, 0.29) is 17.6 Å². The van der Waals surface area contributed by atoms with Crippen molar-refractivity contribution >= 4 is 5.91 Å². The molecule has 0 saturated carbocycles. The van der Waals surface area contributed by atoms with Crippen molar-refractivity contribution in [3.63, 3.8) is 0 Å². The Balaban J connectivity index is 1.51. The molecule has 7 nitrogen and oxygen atoms in total. The Morgan fingerprint density at radius 3 is 2.89 bits per heavy atom. The van der Waals surface area contributed by atoms with Gasteiger partial charge in [0.2, 0.25) is 0 Å². The van der Waals surface area contributed by atoms with Crippen LogP contribution in [0.2, 0.25) is 0 Å². The highest BCUT2D eigenvalue weighted by molar-refractivity contribution is 5.93. The lowest BCUT2D eigenvalue weighted by atomic mass is 9.96. The summed E-state index contributed by atoms with van der Waals surface area (Å²) in [5.74, 6) is 0.382. The molecule has 1 aliphatic rings. The summed E-state index contributed by atoms with van der Waals surface area (Å²) in [6, 6.07) is 14.8. The number of rotatable bonds is 3. The zero-order valence-electron chi connectivity index (χ0n) is 14.9. The molecule has 0 saturated heterocycles. The molecule has 1 aliphatic heterocycles. The lowest BCUT2D eigenvalue weighted by molar-refractivity contribution is 0.0680. The van der Waals surface area contributed by atoms with Gasteiger partial charge in [0.15, 0.2) is 11.5 Å². The minimum atomic E-state index is -0.312. The van der Waals surface area contributed by atoms with Crippen LogP contribution in [0.25, 0.3) is 11.3 Å². The molecular formula is C21H17N5O2. The van der Waals surface area contributed by atoms with Gasteiger partial charge >= 0.3 is 0 Å². The molecule has 1 amide bonds. The minimum Gasteiger partial charge on any atom is -0.355 e. The largest absolute Gasteiger partial charge is 0.355 e. The molecule has 28 heavy (non-hydrogen) atoms. The van der Waals surface area contributed by atoms with E-state index in [1.54, 1.807) is 29.7 Å². The Bertz CT molecular complexity index is 1100. The van der Waals surface area contributed by atoms with Gasteiger partial charge < -0.3 is 14.4 Å². The first-order valence-electron chi connectivity index (χ1n) is 9.06. The van der Waals surface area contributed by atoms with Crippen molar-refractivity contribution < 1.29 is 9.32 Å². The van der Waals surface area contributed by atoms with Crippen LogP contribution in [-0.4, -0.2) is 37.5 Å². The van der Waals surface area contributed by atoms with E-state index in [4.69, 9.17) is 4.52 Å². The van der Waals surface area contributed by atoms with Crippen molar-refractivity contribution in [2.45, 2.75) is 12.5 Å². The van der Waals surface area contributed by atoms with Gasteiger partial charge in [-0.1, -0.05) is 41.6 Å². The molecule has 7 heteroatoms. The molecule has 1 N–H and O–H groups in total. The molecular weight excluding hydrogens is 354 g/mol. The Kier molecular flexibility index (Phi) is 3.97. The Hall–Kier alpha value is -3.74. The maximum atomic E-state index is 13.3. The number of carbonyl (C=O) groups is 1. The molecule has 1 unspecified atom stereocenters. The van der Waals surface area contributed by atoms with E-state index in [0.29, 0.717) is 18.7 Å². The van der Waals surface area contributed by atoms with E-state index >= 15 is 0 Å². The van der Waals surface area contributed by atoms with Gasteiger partial charge in [0.25, 0.3) is 5.91 Å². The normalized spacial score (nSPS) is 16.0. The van der Waals surface area contributed by atoms with E-state index in [0.717, 1.165) is 22.5 Å². The predicted octanol–water partition coefficient (Wildman–Crippen LogP) is 3.25. The van der Waals surface area contributed by atoms with Gasteiger partial charge in [-0.3, -0.25) is 9.78 Å². The fraction of sp³-hybridized carbons (Fsp3) is 0.143. The second kappa shape index (κ2) is 6.77. The Labute approximate surface area is 161 Å². The summed E-state index contributed by atoms with van der Waals surface area (Å²) < 4.78 is 5.43. The predicted molar refractivity (Wildman–Crippen MR) is 101 cm³/mol. The first-order valence-corrected chi connectivity index (χ1v) is 9.06. The van der Waals surface area contributed by atoms with Crippen molar-refractivity contribution in [3.05, 3.63) is 89.9 Å². The fourth-order valence-electron chi connectivity index (χ4n) is 3.63. The van der Waals surface area contributed by atoms with E-state index in [9.17, 15) is 4.79 Å². The SMILES string of the molecule is O=C(c1cc(-c2ccccc2)on1)N1CCc2[nH]cnc2C1c1cccnc1. The number of nitrogens with zero attached hydrogens (tertiary/aromatic N) is 4. The van der Waals surface area contributed by atoms with Crippen LogP contribution in [0.5, 0.6) is 0 Å². The van der Waals surface area contributed by atoms with Gasteiger partial charge in [0.05, 0.1) is 12.0 Å². The number of imidazole rings is 1. The lowest BCUT2D eigenvalue weighted by Crippen LogP contribution is -2.41. The van der Waals surface area contributed by atoms with Crippen LogP contribution in [-0.2, 0) is 6.42 Å². The zero-order valence-corrected chi connectivity index (χ0v) is 14.9. The molecule has 0 fully saturated rings. The molecule has 3 aromatic heterocycles. The smallest absolute Gasteiger partial charge is 0.276 e. The van der Waals surface area contributed by atoms with Crippen LogP contribution in [0.3, 0.4) is 0 Å². The lowest BCUT2D eigenvalue weighted by Gasteiger charge is -2.34. The number of amides is 1. The number of aromatic amines is 1. The van der Waals surface area contributed by atoms with Crippen LogP contribution in [0.15, 0.2) is 71.8 Å². The topological polar surface area (TPSA) is 87.9 Å². The van der Waals surface area contributed by atoms with Crippen molar-refractivity contribution in [2.75, 3.05) is 6.54 Å². The van der Waals surface area contributed by atoms with Gasteiger partial charge in [-0.15, -0.1) is 0 Å². The van der Waals surface area contributed by atoms with Gasteiger partial charge in [-0.2, -0.15) is 0 Å². The number of H-pyrrole nitrogens is 1. The van der Waals surface area contributed by atoms with Crippen LogP contribution < -0.4 is 0 Å². The van der Waals surface area contributed by atoms with Crippen molar-refractivity contribution in [1.82, 2.24) is 25.0 Å². The average Bonchev–Trinajstić information content (AvgIpc) is 3.43. The number of pyridine rings is 1. The van der Waals surface area contributed by atoms with E-state index in [2.05, 4.69) is 20.1 Å². The number of hydrogen-bond acceptors (Lipinski definition) is 5. The molecule has 0 radical (unpaired) electrons. The third-order valence-electron chi connectivity index (χ3n) is 4.97. The third kappa shape index (κ3) is 2.77. The van der Waals surface area contributed by atoms with Crippen LogP contribution in [0, 0.1) is 0 Å². The second-order valence-corrected chi connectivity index (χ2v) is 6.65. The summed E-state index contributed by atoms with van der Waals surface area (Å²) in [5, 5.41) is 4.03. The maximum Gasteiger partial charge on any atom is 0.276 e. The molecule has 0 spiro atoms. The summed E-state index contributed by atoms with van der Waals surface area (Å²) >= 11 is 0. The number of hydrogen-bond donors (Lipinski definition) is 1. The Morgan fingerprint density at radius 2 is 2.07 bits per heavy atom. The summed E-state index contributed by atoms with van der Waals surface area (Å²) in [6.45, 7) is 0.557. The van der Waals surface area contributed by atoms with Crippen LogP contribution >= 0.6 is 0 Å². The summed E-state index contributed by atoms with van der Waals surface area (Å²) in [5.41, 5.74) is 3.97. The highest BCUT2D eigenvalue weighted by atomic mass is 16.5. The van der Waals surface area contributed by atoms with Gasteiger partial charge in [-0.05, 0) is 11.6 Å². The van der Waals surface area contributed by atoms with Crippen LogP contribution in [0.4, 0.5) is 0 Å². The quantitative estimate of drug-likeness (QED) is 0.597. The van der Waals surface area contributed by atoms with Crippen molar-refractivity contribution in [3.8, 4) is 11.3 Å². The van der Waals surface area contributed by atoms with Crippen molar-refractivity contribution in [2.24, 2.45) is 0 Å². The highest BCUT2D eigenvalue weighted by Crippen LogP contribution is 2.34. The highest BCUT2D eigenvalue weighted by Gasteiger charge is 2.35. The number of aromatic nitrogens is 4. The minimum absolute atomic E-state index is 0.187. The molecule has 1 atom stereocenters. The van der Waals surface area contributed by atoms with E-state index < -0.39 is 0 Å². The molecule has 138 valence electrons. The van der Waals surface area contributed by atoms with Crippen molar-refractivity contribution in [1.29, 1.82) is 0 Å². The summed E-state index contributed by atoms with van der Waals surface area (Å²) in [6.07, 6.45) is 5.87. The monoisotopic (exact) mass is 371 g/mol. The van der Waals surface area contributed by atoms with E-state index in [1.807, 2.05) is 42.5 Å². The van der Waals surface area contributed by atoms with Crippen LogP contribution in [0.1, 0.15) is 33.5 Å². The molecule has 0 bridgehead atoms. The molecule has 1 aromatic carbocycles. The molecule has 4 heterocycles. The maximum absolute atomic E-state index is 13.3.